The first-order valence-corrected chi connectivity index (χ1v) is 6.40. The van der Waals surface area contributed by atoms with Crippen LogP contribution in [-0.2, 0) is 4.84 Å². The number of urea groups is 1. The third-order valence-electron chi connectivity index (χ3n) is 3.00. The van der Waals surface area contributed by atoms with E-state index in [4.69, 9.17) is 11.3 Å². The number of carbonyl (C=O) groups excluding carboxylic acids is 1. The first kappa shape index (κ1) is 14.6. The van der Waals surface area contributed by atoms with Gasteiger partial charge in [-0.3, -0.25) is 4.84 Å². The highest BCUT2D eigenvalue weighted by Crippen LogP contribution is 2.32. The fraction of sp³-hybridized carbons (Fsp3) is 0.118. The number of carbonyl (C=O) groups is 1. The summed E-state index contributed by atoms with van der Waals surface area (Å²) in [4.78, 5) is 16.2. The van der Waals surface area contributed by atoms with Gasteiger partial charge in [0.1, 0.15) is 0 Å². The minimum absolute atomic E-state index is 0.375. The number of anilines is 1. The minimum atomic E-state index is -0.375. The van der Waals surface area contributed by atoms with Crippen LogP contribution in [0.3, 0.4) is 0 Å². The predicted molar refractivity (Wildman–Crippen MR) is 83.6 cm³/mol. The van der Waals surface area contributed by atoms with Gasteiger partial charge in [0, 0.05) is 12.6 Å². The van der Waals surface area contributed by atoms with E-state index in [-0.39, 0.29) is 6.03 Å². The predicted octanol–water partition coefficient (Wildman–Crippen LogP) is 3.36. The van der Waals surface area contributed by atoms with Crippen molar-refractivity contribution in [3.8, 4) is 23.5 Å². The van der Waals surface area contributed by atoms with Crippen molar-refractivity contribution in [1.29, 1.82) is 0 Å². The molecule has 1 aromatic rings. The molecule has 21 heavy (non-hydrogen) atoms. The van der Waals surface area contributed by atoms with Crippen LogP contribution in [-0.4, -0.2) is 25.3 Å². The molecule has 2 aliphatic rings. The number of rotatable bonds is 2. The molecule has 0 aliphatic heterocycles. The summed E-state index contributed by atoms with van der Waals surface area (Å²) >= 11 is 0. The van der Waals surface area contributed by atoms with E-state index in [0.717, 1.165) is 5.06 Å². The lowest BCUT2D eigenvalue weighted by molar-refractivity contribution is -0.0598. The van der Waals surface area contributed by atoms with Crippen molar-refractivity contribution in [3.63, 3.8) is 0 Å². The molecular weight excluding hydrogens is 264 g/mol. The summed E-state index contributed by atoms with van der Waals surface area (Å²) in [6.45, 7) is 0. The Morgan fingerprint density at radius 1 is 1.19 bits per heavy atom. The lowest BCUT2D eigenvalue weighted by Crippen LogP contribution is -2.30. The Bertz CT molecular complexity index is 672. The summed E-state index contributed by atoms with van der Waals surface area (Å²) in [5.74, 6) is 2.48. The molecule has 0 unspecified atom stereocenters. The van der Waals surface area contributed by atoms with Gasteiger partial charge in [-0.1, -0.05) is 36.3 Å². The molecule has 0 heterocycles. The summed E-state index contributed by atoms with van der Waals surface area (Å²) < 4.78 is 0. The summed E-state index contributed by atoms with van der Waals surface area (Å²) in [7, 11) is 2.92. The minimum Gasteiger partial charge on any atom is -0.305 e. The Kier molecular flexibility index (Phi) is 4.60. The molecule has 0 spiro atoms. The second-order valence-electron chi connectivity index (χ2n) is 4.38. The Labute approximate surface area is 124 Å². The van der Waals surface area contributed by atoms with Crippen molar-refractivity contribution in [2.75, 3.05) is 19.5 Å². The number of amides is 2. The van der Waals surface area contributed by atoms with Crippen LogP contribution in [0.15, 0.2) is 48.5 Å². The lowest BCUT2D eigenvalue weighted by atomic mass is 10.2. The number of para-hydroxylation sites is 1. The summed E-state index contributed by atoms with van der Waals surface area (Å²) in [6, 6.07) is 15.2. The maximum absolute atomic E-state index is 11.4. The summed E-state index contributed by atoms with van der Waals surface area (Å²) in [5.41, 5.74) is 4.08. The highest BCUT2D eigenvalue weighted by molar-refractivity contribution is 5.90. The van der Waals surface area contributed by atoms with Crippen LogP contribution in [0.4, 0.5) is 10.5 Å². The molecule has 2 amide bonds. The molecule has 0 atom stereocenters. The molecule has 2 aliphatic carbocycles. The van der Waals surface area contributed by atoms with Gasteiger partial charge < -0.3 is 5.32 Å². The van der Waals surface area contributed by atoms with Gasteiger partial charge >= 0.3 is 6.03 Å². The van der Waals surface area contributed by atoms with Crippen molar-refractivity contribution in [1.82, 2.24) is 5.06 Å². The van der Waals surface area contributed by atoms with Gasteiger partial charge in [0.2, 0.25) is 0 Å². The molecule has 0 bridgehead atoms. The van der Waals surface area contributed by atoms with Gasteiger partial charge in [-0.25, -0.2) is 9.86 Å². The van der Waals surface area contributed by atoms with Gasteiger partial charge in [-0.15, -0.1) is 6.42 Å². The quantitative estimate of drug-likeness (QED) is 0.577. The first-order chi connectivity index (χ1) is 10.2. The van der Waals surface area contributed by atoms with Crippen LogP contribution >= 0.6 is 0 Å². The highest BCUT2D eigenvalue weighted by atomic mass is 16.7. The average Bonchev–Trinajstić information content (AvgIpc) is 3.13. The molecule has 3 rings (SSSR count). The van der Waals surface area contributed by atoms with Gasteiger partial charge in [-0.2, -0.15) is 0 Å². The Morgan fingerprint density at radius 3 is 2.33 bits per heavy atom. The number of benzene rings is 2. The monoisotopic (exact) mass is 280 g/mol. The maximum atomic E-state index is 11.4. The SMILES string of the molecule is C#Cc1ccccc1NC(=O)N(C)OC.c1cc2cc-2c1. The molecular formula is C17H16N2O2. The Morgan fingerprint density at radius 2 is 1.86 bits per heavy atom. The van der Waals surface area contributed by atoms with Crippen LogP contribution in [0.1, 0.15) is 5.56 Å². The molecule has 4 heteroatoms. The third kappa shape index (κ3) is 3.85. The highest BCUT2D eigenvalue weighted by Gasteiger charge is 2.09. The molecule has 1 N–H and O–H groups in total. The number of hydrogen-bond acceptors (Lipinski definition) is 2. The smallest absolute Gasteiger partial charge is 0.305 e. The van der Waals surface area contributed by atoms with Gasteiger partial charge in [0.05, 0.1) is 12.8 Å². The average molecular weight is 280 g/mol. The number of terminal acetylenes is 1. The number of fused-ring (bicyclic) bond motifs is 1. The number of nitrogens with one attached hydrogen (secondary N) is 1. The van der Waals surface area contributed by atoms with Crippen LogP contribution in [0.5, 0.6) is 0 Å². The van der Waals surface area contributed by atoms with Crippen molar-refractivity contribution >= 4 is 11.7 Å². The molecule has 0 aromatic heterocycles. The number of hydrogen-bond donors (Lipinski definition) is 1. The molecule has 0 radical (unpaired) electrons. The van der Waals surface area contributed by atoms with E-state index in [1.165, 1.54) is 25.3 Å². The van der Waals surface area contributed by atoms with Gasteiger partial charge in [0.25, 0.3) is 0 Å². The normalized spacial score (nSPS) is 9.76. The third-order valence-corrected chi connectivity index (χ3v) is 3.00. The van der Waals surface area contributed by atoms with Crippen LogP contribution in [0.25, 0.3) is 11.1 Å². The van der Waals surface area contributed by atoms with Gasteiger partial charge in [0.15, 0.2) is 0 Å². The maximum Gasteiger partial charge on any atom is 0.345 e. The Balaban J connectivity index is 0.000000218. The largest absolute Gasteiger partial charge is 0.345 e. The molecule has 0 fully saturated rings. The van der Waals surface area contributed by atoms with E-state index in [0.29, 0.717) is 11.3 Å². The standard InChI is InChI=1S/C11H12N2O2.C6H4/c1-4-9-7-5-6-8-10(9)12-11(14)13(2)15-3;1-2-5-4-6(5)3-1/h1,5-8H,2-3H3,(H,12,14);1-4H. The van der Waals surface area contributed by atoms with Crippen LogP contribution in [0, 0.1) is 12.3 Å². The zero-order chi connectivity index (χ0) is 15.2. The lowest BCUT2D eigenvalue weighted by Gasteiger charge is -2.15. The van der Waals surface area contributed by atoms with E-state index in [1.54, 1.807) is 18.2 Å². The molecule has 0 saturated carbocycles. The van der Waals surface area contributed by atoms with E-state index < -0.39 is 0 Å². The van der Waals surface area contributed by atoms with E-state index >= 15 is 0 Å². The topological polar surface area (TPSA) is 41.6 Å². The second kappa shape index (κ2) is 6.60. The summed E-state index contributed by atoms with van der Waals surface area (Å²) in [5, 5.41) is 3.71. The van der Waals surface area contributed by atoms with Crippen LogP contribution in [0.2, 0.25) is 0 Å². The summed E-state index contributed by atoms with van der Waals surface area (Å²) in [6.07, 6.45) is 5.29. The molecule has 1 aromatic carbocycles. The first-order valence-electron chi connectivity index (χ1n) is 6.40. The molecule has 0 saturated heterocycles. The number of hydroxylamine groups is 2. The van der Waals surface area contributed by atoms with Crippen molar-refractivity contribution in [2.24, 2.45) is 0 Å². The van der Waals surface area contributed by atoms with Crippen LogP contribution < -0.4 is 5.32 Å². The fourth-order valence-electron chi connectivity index (χ4n) is 1.67. The van der Waals surface area contributed by atoms with E-state index in [2.05, 4.69) is 35.5 Å². The van der Waals surface area contributed by atoms with Crippen molar-refractivity contribution in [3.05, 3.63) is 54.1 Å². The Hall–Kier alpha value is -2.77. The van der Waals surface area contributed by atoms with Crippen molar-refractivity contribution < 1.29 is 9.63 Å². The van der Waals surface area contributed by atoms with E-state index in [1.807, 2.05) is 6.07 Å². The fourth-order valence-corrected chi connectivity index (χ4v) is 1.67. The zero-order valence-corrected chi connectivity index (χ0v) is 12.0. The van der Waals surface area contributed by atoms with Gasteiger partial charge in [-0.05, 0) is 29.3 Å². The van der Waals surface area contributed by atoms with E-state index in [9.17, 15) is 4.79 Å². The second-order valence-corrected chi connectivity index (χ2v) is 4.38. The molecule has 106 valence electrons. The van der Waals surface area contributed by atoms with Crippen molar-refractivity contribution in [2.45, 2.75) is 0 Å². The molecule has 4 nitrogen and oxygen atoms in total. The zero-order valence-electron chi connectivity index (χ0n) is 12.0. The number of nitrogens with zero attached hydrogens (tertiary/aromatic N) is 1.